The second-order valence-corrected chi connectivity index (χ2v) is 10.7. The molecule has 7 nitrogen and oxygen atoms in total. The standard InChI is InChI=1S/C22H24F3N4O3P/c1-6-19(22(23,24)25)21(28-17-8-7-14(2)20(13-17)29(30)31)27-15(3)26-16-9-11-18(12-10-16)33(4,5)32/h6-13,26H,3H2,1-2,4-5H3,(H,27,28)/b19-6+. The maximum atomic E-state index is 13.6. The van der Waals surface area contributed by atoms with Gasteiger partial charge in [0.2, 0.25) is 0 Å². The Bertz CT molecular complexity index is 1170. The fraction of sp³-hybridized carbons (Fsp3) is 0.227. The maximum Gasteiger partial charge on any atom is 0.419 e. The van der Waals surface area contributed by atoms with E-state index in [4.69, 9.17) is 0 Å². The number of rotatable bonds is 7. The second-order valence-electron chi connectivity index (χ2n) is 7.51. The number of alkyl halides is 3. The topological polar surface area (TPSA) is 96.6 Å². The summed E-state index contributed by atoms with van der Waals surface area (Å²) in [6, 6.07) is 10.5. The SMILES string of the molecule is C=C(/N=C(Nc1ccc(C)c([N+](=O)[O-])c1)\C(=C/C)C(F)(F)F)Nc1ccc(P(C)(C)=O)cc1. The first kappa shape index (κ1) is 25.9. The van der Waals surface area contributed by atoms with E-state index in [0.29, 0.717) is 16.6 Å². The van der Waals surface area contributed by atoms with Crippen LogP contribution in [0.1, 0.15) is 12.5 Å². The molecule has 0 aliphatic rings. The van der Waals surface area contributed by atoms with Crippen molar-refractivity contribution in [2.24, 2.45) is 4.99 Å². The number of nitro groups is 1. The molecule has 2 N–H and O–H groups in total. The third-order valence-electron chi connectivity index (χ3n) is 4.54. The fourth-order valence-corrected chi connectivity index (χ4v) is 3.71. The third-order valence-corrected chi connectivity index (χ3v) is 6.08. The number of amidine groups is 1. The number of hydrogen-bond acceptors (Lipinski definition) is 5. The van der Waals surface area contributed by atoms with E-state index in [1.807, 2.05) is 0 Å². The van der Waals surface area contributed by atoms with Crippen molar-refractivity contribution in [1.29, 1.82) is 0 Å². The minimum absolute atomic E-state index is 0.0634. The van der Waals surface area contributed by atoms with Crippen LogP contribution in [0.15, 0.2) is 71.5 Å². The molecule has 0 amide bonds. The highest BCUT2D eigenvalue weighted by Gasteiger charge is 2.37. The zero-order valence-corrected chi connectivity index (χ0v) is 19.4. The Hall–Kier alpha value is -3.39. The summed E-state index contributed by atoms with van der Waals surface area (Å²) in [7, 11) is -2.45. The average molecular weight is 480 g/mol. The van der Waals surface area contributed by atoms with Crippen molar-refractivity contribution in [3.8, 4) is 0 Å². The van der Waals surface area contributed by atoms with Gasteiger partial charge in [0.05, 0.1) is 10.5 Å². The van der Waals surface area contributed by atoms with Crippen LogP contribution in [0, 0.1) is 17.0 Å². The Kier molecular flexibility index (Phi) is 7.87. The summed E-state index contributed by atoms with van der Waals surface area (Å²) in [6.45, 7) is 9.65. The summed E-state index contributed by atoms with van der Waals surface area (Å²) in [5, 5.41) is 17.2. The summed E-state index contributed by atoms with van der Waals surface area (Å²) in [4.78, 5) is 14.5. The number of nitrogens with one attached hydrogen (secondary N) is 2. The molecular formula is C22H24F3N4O3P. The van der Waals surface area contributed by atoms with Crippen molar-refractivity contribution < 1.29 is 22.7 Å². The third kappa shape index (κ3) is 7.05. The Morgan fingerprint density at radius 3 is 2.18 bits per heavy atom. The van der Waals surface area contributed by atoms with Crippen molar-refractivity contribution in [2.45, 2.75) is 20.0 Å². The monoisotopic (exact) mass is 480 g/mol. The van der Waals surface area contributed by atoms with Crippen LogP contribution in [-0.2, 0) is 4.57 Å². The van der Waals surface area contributed by atoms with E-state index in [-0.39, 0.29) is 17.2 Å². The second kappa shape index (κ2) is 10.0. The van der Waals surface area contributed by atoms with Gasteiger partial charge in [0, 0.05) is 28.3 Å². The Balaban J connectivity index is 2.39. The smallest absolute Gasteiger partial charge is 0.341 e. The van der Waals surface area contributed by atoms with Gasteiger partial charge < -0.3 is 15.2 Å². The Morgan fingerprint density at radius 1 is 1.12 bits per heavy atom. The number of nitro benzene ring substituents is 1. The molecule has 2 aromatic carbocycles. The minimum Gasteiger partial charge on any atom is -0.341 e. The van der Waals surface area contributed by atoms with E-state index in [2.05, 4.69) is 22.2 Å². The molecule has 2 rings (SSSR count). The van der Waals surface area contributed by atoms with E-state index in [0.717, 1.165) is 12.1 Å². The van der Waals surface area contributed by atoms with E-state index >= 15 is 0 Å². The lowest BCUT2D eigenvalue weighted by Crippen LogP contribution is -2.26. The first-order valence-electron chi connectivity index (χ1n) is 9.68. The molecule has 0 unspecified atom stereocenters. The molecular weight excluding hydrogens is 456 g/mol. The predicted octanol–water partition coefficient (Wildman–Crippen LogP) is 6.05. The van der Waals surface area contributed by atoms with Gasteiger partial charge in [0.1, 0.15) is 18.8 Å². The van der Waals surface area contributed by atoms with Crippen LogP contribution in [0.3, 0.4) is 0 Å². The van der Waals surface area contributed by atoms with Crippen molar-refractivity contribution in [2.75, 3.05) is 24.0 Å². The molecule has 0 saturated heterocycles. The number of halogens is 3. The molecule has 0 aliphatic heterocycles. The number of hydrogen-bond donors (Lipinski definition) is 2. The van der Waals surface area contributed by atoms with Crippen molar-refractivity contribution in [1.82, 2.24) is 0 Å². The van der Waals surface area contributed by atoms with E-state index in [9.17, 15) is 27.9 Å². The van der Waals surface area contributed by atoms with Gasteiger partial charge in [-0.2, -0.15) is 13.2 Å². The van der Waals surface area contributed by atoms with Crippen molar-refractivity contribution in [3.63, 3.8) is 0 Å². The normalized spacial score (nSPS) is 12.9. The van der Waals surface area contributed by atoms with Crippen molar-refractivity contribution in [3.05, 3.63) is 82.2 Å². The minimum atomic E-state index is -4.73. The lowest BCUT2D eigenvalue weighted by molar-refractivity contribution is -0.385. The van der Waals surface area contributed by atoms with Crippen molar-refractivity contribution >= 4 is 35.3 Å². The van der Waals surface area contributed by atoms with E-state index in [1.165, 1.54) is 26.0 Å². The summed E-state index contributed by atoms with van der Waals surface area (Å²) in [6.07, 6.45) is -3.89. The number of benzene rings is 2. The summed E-state index contributed by atoms with van der Waals surface area (Å²) in [5.41, 5.74) is -0.394. The van der Waals surface area contributed by atoms with Gasteiger partial charge in [-0.15, -0.1) is 0 Å². The average Bonchev–Trinajstić information content (AvgIpc) is 2.68. The van der Waals surface area contributed by atoms with Gasteiger partial charge in [0.15, 0.2) is 0 Å². The molecule has 2 aromatic rings. The molecule has 0 heterocycles. The highest BCUT2D eigenvalue weighted by atomic mass is 31.2. The molecule has 33 heavy (non-hydrogen) atoms. The van der Waals surface area contributed by atoms with E-state index < -0.39 is 29.7 Å². The molecule has 0 atom stereocenters. The molecule has 0 spiro atoms. The van der Waals surface area contributed by atoms with Crippen LogP contribution >= 0.6 is 7.14 Å². The Labute approximate surface area is 189 Å². The largest absolute Gasteiger partial charge is 0.419 e. The van der Waals surface area contributed by atoms with Crippen LogP contribution < -0.4 is 15.9 Å². The summed E-state index contributed by atoms with van der Waals surface area (Å²) in [5.74, 6) is -0.685. The molecule has 11 heteroatoms. The lowest BCUT2D eigenvalue weighted by atomic mass is 10.1. The van der Waals surface area contributed by atoms with Crippen LogP contribution in [0.2, 0.25) is 0 Å². The van der Waals surface area contributed by atoms with Crippen LogP contribution in [0.25, 0.3) is 0 Å². The molecule has 0 bridgehead atoms. The summed E-state index contributed by atoms with van der Waals surface area (Å²) >= 11 is 0. The van der Waals surface area contributed by atoms with Gasteiger partial charge in [-0.3, -0.25) is 10.1 Å². The van der Waals surface area contributed by atoms with E-state index in [1.54, 1.807) is 37.6 Å². The predicted molar refractivity (Wildman–Crippen MR) is 127 cm³/mol. The molecule has 0 aromatic heterocycles. The Morgan fingerprint density at radius 2 is 1.70 bits per heavy atom. The number of aryl methyl sites for hydroxylation is 1. The lowest BCUT2D eigenvalue weighted by Gasteiger charge is -2.17. The first-order chi connectivity index (χ1) is 15.2. The number of nitrogens with zero attached hydrogens (tertiary/aromatic N) is 2. The van der Waals surface area contributed by atoms with Crippen LogP contribution in [0.5, 0.6) is 0 Å². The molecule has 0 fully saturated rings. The summed E-state index contributed by atoms with van der Waals surface area (Å²) < 4.78 is 52.9. The van der Waals surface area contributed by atoms with Gasteiger partial charge in [-0.05, 0) is 57.5 Å². The van der Waals surface area contributed by atoms with Crippen LogP contribution in [0.4, 0.5) is 30.2 Å². The van der Waals surface area contributed by atoms with Gasteiger partial charge >= 0.3 is 6.18 Å². The molecule has 0 saturated carbocycles. The number of anilines is 2. The molecule has 0 aliphatic carbocycles. The quantitative estimate of drug-likeness (QED) is 0.165. The molecule has 0 radical (unpaired) electrons. The zero-order valence-electron chi connectivity index (χ0n) is 18.5. The van der Waals surface area contributed by atoms with Gasteiger partial charge in [-0.1, -0.05) is 18.7 Å². The highest BCUT2D eigenvalue weighted by Crippen LogP contribution is 2.34. The van der Waals surface area contributed by atoms with Gasteiger partial charge in [0.25, 0.3) is 5.69 Å². The fourth-order valence-electron chi connectivity index (χ4n) is 2.84. The number of aliphatic imine (C=N–C) groups is 1. The molecule has 176 valence electrons. The highest BCUT2D eigenvalue weighted by molar-refractivity contribution is 7.70. The van der Waals surface area contributed by atoms with Crippen LogP contribution in [-0.4, -0.2) is 30.3 Å². The maximum absolute atomic E-state index is 13.6. The van der Waals surface area contributed by atoms with Gasteiger partial charge in [-0.25, -0.2) is 4.99 Å². The first-order valence-corrected chi connectivity index (χ1v) is 12.3. The number of allylic oxidation sites excluding steroid dienone is 1. The zero-order chi connectivity index (χ0) is 25.0.